The van der Waals surface area contributed by atoms with E-state index in [2.05, 4.69) is 31.0 Å². The number of hydrogen-bond acceptors (Lipinski definition) is 4. The lowest BCUT2D eigenvalue weighted by molar-refractivity contribution is -0.137. The number of nitrogens with one attached hydrogen (secondary N) is 1. The monoisotopic (exact) mass is 390 g/mol. The molecule has 1 aromatic carbocycles. The molecule has 158 valence electrons. The molecule has 0 aliphatic carbocycles. The third kappa shape index (κ3) is 6.78. The van der Waals surface area contributed by atoms with E-state index in [1.807, 2.05) is 31.2 Å². The first-order chi connectivity index (χ1) is 13.3. The van der Waals surface area contributed by atoms with Crippen LogP contribution in [0.4, 0.5) is 5.69 Å². The molecule has 1 aromatic rings. The van der Waals surface area contributed by atoms with Crippen molar-refractivity contribution in [2.75, 3.05) is 32.1 Å². The molecular formula is C23H38N2O3. The molecule has 1 aliphatic rings. The number of piperidine rings is 1. The van der Waals surface area contributed by atoms with Gasteiger partial charge in [-0.1, -0.05) is 20.3 Å². The summed E-state index contributed by atoms with van der Waals surface area (Å²) in [6.07, 6.45) is 5.69. The maximum Gasteiger partial charge on any atom is 0.256 e. The van der Waals surface area contributed by atoms with Crippen LogP contribution < -0.4 is 10.1 Å². The van der Waals surface area contributed by atoms with Gasteiger partial charge in [0, 0.05) is 25.4 Å². The van der Waals surface area contributed by atoms with E-state index in [0.717, 1.165) is 24.4 Å². The van der Waals surface area contributed by atoms with Crippen molar-refractivity contribution < 1.29 is 14.3 Å². The van der Waals surface area contributed by atoms with E-state index >= 15 is 0 Å². The normalized spacial score (nSPS) is 20.0. The van der Waals surface area contributed by atoms with Crippen LogP contribution >= 0.6 is 0 Å². The molecular weight excluding hydrogens is 352 g/mol. The van der Waals surface area contributed by atoms with Crippen LogP contribution in [-0.4, -0.2) is 49.3 Å². The van der Waals surface area contributed by atoms with Gasteiger partial charge in [-0.3, -0.25) is 4.79 Å². The smallest absolute Gasteiger partial charge is 0.256 e. The van der Waals surface area contributed by atoms with Gasteiger partial charge < -0.3 is 19.7 Å². The minimum Gasteiger partial charge on any atom is -0.494 e. The molecule has 1 N–H and O–H groups in total. The highest BCUT2D eigenvalue weighted by Crippen LogP contribution is 2.24. The Balaban J connectivity index is 1.77. The summed E-state index contributed by atoms with van der Waals surface area (Å²) < 4.78 is 11.4. The predicted molar refractivity (Wildman–Crippen MR) is 115 cm³/mol. The summed E-state index contributed by atoms with van der Waals surface area (Å²) in [6.45, 7) is 11.4. The quantitative estimate of drug-likeness (QED) is 0.587. The van der Waals surface area contributed by atoms with Crippen LogP contribution in [0.5, 0.6) is 5.75 Å². The maximum atomic E-state index is 12.6. The summed E-state index contributed by atoms with van der Waals surface area (Å²) in [5.74, 6) is 1.09. The van der Waals surface area contributed by atoms with Gasteiger partial charge >= 0.3 is 0 Å². The van der Waals surface area contributed by atoms with Crippen molar-refractivity contribution in [3.63, 3.8) is 0 Å². The summed E-state index contributed by atoms with van der Waals surface area (Å²) >= 11 is 0. The molecule has 0 bridgehead atoms. The van der Waals surface area contributed by atoms with Crippen LogP contribution in [0.1, 0.15) is 59.8 Å². The number of benzene rings is 1. The zero-order chi connectivity index (χ0) is 20.6. The molecule has 0 aromatic heterocycles. The molecule has 0 saturated carbocycles. The molecule has 2 unspecified atom stereocenters. The Kier molecular flexibility index (Phi) is 8.77. The van der Waals surface area contributed by atoms with Crippen LogP contribution in [0.2, 0.25) is 0 Å². The predicted octanol–water partition coefficient (Wildman–Crippen LogP) is 4.72. The average molecular weight is 391 g/mol. The van der Waals surface area contributed by atoms with E-state index in [-0.39, 0.29) is 5.91 Å². The fourth-order valence-electron chi connectivity index (χ4n) is 3.89. The molecule has 0 radical (unpaired) electrons. The third-order valence-corrected chi connectivity index (χ3v) is 5.64. The molecule has 1 aliphatic heterocycles. The molecule has 5 nitrogen and oxygen atoms in total. The zero-order valence-electron chi connectivity index (χ0n) is 18.3. The van der Waals surface area contributed by atoms with Crippen LogP contribution in [0.3, 0.4) is 0 Å². The lowest BCUT2D eigenvalue weighted by Crippen LogP contribution is -2.43. The maximum absolute atomic E-state index is 12.6. The average Bonchev–Trinajstić information content (AvgIpc) is 2.67. The first-order valence-corrected chi connectivity index (χ1v) is 10.7. The number of anilines is 1. The number of amides is 1. The van der Waals surface area contributed by atoms with Crippen LogP contribution in [0.15, 0.2) is 24.3 Å². The zero-order valence-corrected chi connectivity index (χ0v) is 18.3. The van der Waals surface area contributed by atoms with Gasteiger partial charge in [0.15, 0.2) is 0 Å². The van der Waals surface area contributed by atoms with Gasteiger partial charge in [-0.15, -0.1) is 0 Å². The van der Waals surface area contributed by atoms with Gasteiger partial charge in [0.05, 0.1) is 6.61 Å². The Morgan fingerprint density at radius 1 is 1.29 bits per heavy atom. The van der Waals surface area contributed by atoms with E-state index in [1.54, 1.807) is 7.11 Å². The molecule has 1 amide bonds. The molecule has 1 saturated heterocycles. The van der Waals surface area contributed by atoms with Crippen molar-refractivity contribution in [1.29, 1.82) is 0 Å². The first kappa shape index (κ1) is 22.7. The van der Waals surface area contributed by atoms with Crippen molar-refractivity contribution in [3.05, 3.63) is 24.3 Å². The largest absolute Gasteiger partial charge is 0.494 e. The van der Waals surface area contributed by atoms with Gasteiger partial charge in [0.25, 0.3) is 5.91 Å². The van der Waals surface area contributed by atoms with E-state index in [9.17, 15) is 4.79 Å². The van der Waals surface area contributed by atoms with Crippen LogP contribution in [0, 0.1) is 5.92 Å². The molecule has 1 heterocycles. The Morgan fingerprint density at radius 2 is 2.00 bits per heavy atom. The topological polar surface area (TPSA) is 50.8 Å². The van der Waals surface area contributed by atoms with E-state index in [1.165, 1.54) is 25.8 Å². The number of ether oxygens (including phenoxy) is 2. The van der Waals surface area contributed by atoms with Crippen LogP contribution in [0.25, 0.3) is 0 Å². The molecule has 28 heavy (non-hydrogen) atoms. The van der Waals surface area contributed by atoms with Crippen molar-refractivity contribution in [1.82, 2.24) is 4.90 Å². The molecule has 2 rings (SSSR count). The summed E-state index contributed by atoms with van der Waals surface area (Å²) in [6, 6.07) is 8.28. The summed E-state index contributed by atoms with van der Waals surface area (Å²) in [4.78, 5) is 15.2. The Hall–Kier alpha value is -1.59. The number of nitrogens with zero attached hydrogens (tertiary/aromatic N) is 1. The second-order valence-electron chi connectivity index (χ2n) is 8.59. The second kappa shape index (κ2) is 10.8. The van der Waals surface area contributed by atoms with Crippen molar-refractivity contribution >= 4 is 11.6 Å². The molecule has 2 atom stereocenters. The Labute approximate surface area is 170 Å². The number of rotatable bonds is 10. The van der Waals surface area contributed by atoms with E-state index < -0.39 is 5.60 Å². The van der Waals surface area contributed by atoms with Gasteiger partial charge in [0.1, 0.15) is 11.4 Å². The fourth-order valence-corrected chi connectivity index (χ4v) is 3.89. The molecule has 0 spiro atoms. The van der Waals surface area contributed by atoms with Crippen LogP contribution in [-0.2, 0) is 9.53 Å². The second-order valence-corrected chi connectivity index (χ2v) is 8.59. The Bertz CT molecular complexity index is 602. The number of carbonyl (C=O) groups excluding carboxylic acids is 1. The summed E-state index contributed by atoms with van der Waals surface area (Å²) in [7, 11) is 1.59. The first-order valence-electron chi connectivity index (χ1n) is 10.7. The number of carbonyl (C=O) groups is 1. The van der Waals surface area contributed by atoms with E-state index in [0.29, 0.717) is 25.0 Å². The molecule has 5 heteroatoms. The minimum atomic E-state index is -0.824. The summed E-state index contributed by atoms with van der Waals surface area (Å²) in [5, 5.41) is 2.95. The SMILES string of the molecule is COC(C)(CC(C)C)C(=O)Nc1ccc(OCCCN2CCCCC2C)cc1. The van der Waals surface area contributed by atoms with E-state index in [4.69, 9.17) is 9.47 Å². The number of methoxy groups -OCH3 is 1. The number of hydrogen-bond donors (Lipinski definition) is 1. The lowest BCUT2D eigenvalue weighted by atomic mass is 9.93. The van der Waals surface area contributed by atoms with Crippen molar-refractivity contribution in [2.24, 2.45) is 5.92 Å². The minimum absolute atomic E-state index is 0.118. The third-order valence-electron chi connectivity index (χ3n) is 5.64. The van der Waals surface area contributed by atoms with Gasteiger partial charge in [-0.25, -0.2) is 0 Å². The van der Waals surface area contributed by atoms with Crippen molar-refractivity contribution in [3.8, 4) is 5.75 Å². The number of likely N-dealkylation sites (tertiary alicyclic amines) is 1. The standard InChI is InChI=1S/C23H38N2O3/c1-18(2)17-23(4,27-5)22(26)24-20-10-12-21(13-11-20)28-16-8-15-25-14-7-6-9-19(25)3/h10-13,18-19H,6-9,14-17H2,1-5H3,(H,24,26). The Morgan fingerprint density at radius 3 is 2.61 bits per heavy atom. The van der Waals surface area contributed by atoms with Gasteiger partial charge in [-0.2, -0.15) is 0 Å². The van der Waals surface area contributed by atoms with Gasteiger partial charge in [-0.05, 0) is 76.3 Å². The highest BCUT2D eigenvalue weighted by molar-refractivity contribution is 5.97. The highest BCUT2D eigenvalue weighted by Gasteiger charge is 2.33. The fraction of sp³-hybridized carbons (Fsp3) is 0.696. The lowest BCUT2D eigenvalue weighted by Gasteiger charge is -2.33. The van der Waals surface area contributed by atoms with Crippen molar-refractivity contribution in [2.45, 2.75) is 71.4 Å². The van der Waals surface area contributed by atoms with Gasteiger partial charge in [0.2, 0.25) is 0 Å². The molecule has 1 fully saturated rings. The summed E-state index contributed by atoms with van der Waals surface area (Å²) in [5.41, 5.74) is -0.0684. The highest BCUT2D eigenvalue weighted by atomic mass is 16.5.